The molecule has 1 aromatic carbocycles. The van der Waals surface area contributed by atoms with Gasteiger partial charge in [0.1, 0.15) is 0 Å². The number of rotatable bonds is 4. The van der Waals surface area contributed by atoms with Gasteiger partial charge >= 0.3 is 0 Å². The number of methoxy groups -OCH3 is 2. The molecule has 4 nitrogen and oxygen atoms in total. The number of hydrogen-bond acceptors (Lipinski definition) is 4. The van der Waals surface area contributed by atoms with Gasteiger partial charge in [-0.3, -0.25) is 4.90 Å². The third-order valence-electron chi connectivity index (χ3n) is 4.90. The molecule has 0 bridgehead atoms. The van der Waals surface area contributed by atoms with Crippen molar-refractivity contribution in [3.8, 4) is 11.5 Å². The second kappa shape index (κ2) is 5.62. The van der Waals surface area contributed by atoms with Crippen molar-refractivity contribution in [2.24, 2.45) is 11.7 Å². The standard InChI is InChI=1S/C16H24N2O2/c1-19-15-7-11-5-6-18(14-4-3-12(14)9-17)10-13(11)8-16(15)20-2/h7-8,12,14H,3-6,9-10,17H2,1-2H3. The zero-order chi connectivity index (χ0) is 14.1. The maximum atomic E-state index is 5.85. The molecule has 3 rings (SSSR count). The molecule has 2 aliphatic rings. The van der Waals surface area contributed by atoms with Crippen LogP contribution in [0.1, 0.15) is 24.0 Å². The van der Waals surface area contributed by atoms with Crippen LogP contribution in [0.5, 0.6) is 11.5 Å². The highest BCUT2D eigenvalue weighted by molar-refractivity contribution is 5.48. The third kappa shape index (κ3) is 2.27. The molecule has 1 saturated carbocycles. The van der Waals surface area contributed by atoms with Crippen LogP contribution in [-0.2, 0) is 13.0 Å². The second-order valence-corrected chi connectivity index (χ2v) is 5.84. The Morgan fingerprint density at radius 2 is 1.85 bits per heavy atom. The molecule has 1 aromatic rings. The lowest BCUT2D eigenvalue weighted by Gasteiger charge is -2.46. The lowest BCUT2D eigenvalue weighted by molar-refractivity contribution is 0.0555. The monoisotopic (exact) mass is 276 g/mol. The Bertz CT molecular complexity index is 488. The summed E-state index contributed by atoms with van der Waals surface area (Å²) in [4.78, 5) is 2.59. The van der Waals surface area contributed by atoms with Crippen LogP contribution in [0.4, 0.5) is 0 Å². The number of benzene rings is 1. The van der Waals surface area contributed by atoms with E-state index in [1.165, 1.54) is 24.0 Å². The molecule has 1 aliphatic heterocycles. The van der Waals surface area contributed by atoms with Crippen LogP contribution in [0.25, 0.3) is 0 Å². The van der Waals surface area contributed by atoms with E-state index in [2.05, 4.69) is 17.0 Å². The fraction of sp³-hybridized carbons (Fsp3) is 0.625. The quantitative estimate of drug-likeness (QED) is 0.911. The van der Waals surface area contributed by atoms with Crippen LogP contribution in [0.2, 0.25) is 0 Å². The van der Waals surface area contributed by atoms with Gasteiger partial charge in [-0.25, -0.2) is 0 Å². The lowest BCUT2D eigenvalue weighted by Crippen LogP contribution is -2.51. The van der Waals surface area contributed by atoms with E-state index in [-0.39, 0.29) is 0 Å². The van der Waals surface area contributed by atoms with Gasteiger partial charge in [0, 0.05) is 19.1 Å². The molecule has 0 spiro atoms. The van der Waals surface area contributed by atoms with Gasteiger partial charge in [0.25, 0.3) is 0 Å². The summed E-state index contributed by atoms with van der Waals surface area (Å²) in [6, 6.07) is 4.95. The van der Waals surface area contributed by atoms with E-state index >= 15 is 0 Å². The van der Waals surface area contributed by atoms with Gasteiger partial charge in [-0.1, -0.05) is 0 Å². The van der Waals surface area contributed by atoms with E-state index in [4.69, 9.17) is 15.2 Å². The summed E-state index contributed by atoms with van der Waals surface area (Å²) in [5.74, 6) is 2.36. The molecular formula is C16H24N2O2. The Morgan fingerprint density at radius 1 is 1.15 bits per heavy atom. The Balaban J connectivity index is 1.80. The van der Waals surface area contributed by atoms with E-state index in [1.807, 2.05) is 0 Å². The van der Waals surface area contributed by atoms with Crippen molar-refractivity contribution in [2.45, 2.75) is 31.8 Å². The Labute approximate surface area is 120 Å². The third-order valence-corrected chi connectivity index (χ3v) is 4.90. The average molecular weight is 276 g/mol. The van der Waals surface area contributed by atoms with Crippen molar-refractivity contribution in [1.29, 1.82) is 0 Å². The van der Waals surface area contributed by atoms with Gasteiger partial charge in [0.15, 0.2) is 11.5 Å². The number of nitrogens with two attached hydrogens (primary N) is 1. The van der Waals surface area contributed by atoms with Gasteiger partial charge in [0.05, 0.1) is 14.2 Å². The first kappa shape index (κ1) is 13.7. The van der Waals surface area contributed by atoms with Crippen molar-refractivity contribution >= 4 is 0 Å². The average Bonchev–Trinajstić information content (AvgIpc) is 2.45. The van der Waals surface area contributed by atoms with E-state index in [9.17, 15) is 0 Å². The molecule has 4 heteroatoms. The molecule has 110 valence electrons. The normalized spacial score (nSPS) is 25.8. The summed E-state index contributed by atoms with van der Waals surface area (Å²) in [6.07, 6.45) is 3.67. The zero-order valence-electron chi connectivity index (χ0n) is 12.4. The fourth-order valence-corrected chi connectivity index (χ4v) is 3.50. The maximum Gasteiger partial charge on any atom is 0.161 e. The van der Waals surface area contributed by atoms with Crippen LogP contribution in [0.15, 0.2) is 12.1 Å². The van der Waals surface area contributed by atoms with Crippen molar-refractivity contribution in [2.75, 3.05) is 27.3 Å². The van der Waals surface area contributed by atoms with Gasteiger partial charge in [-0.05, 0) is 55.0 Å². The van der Waals surface area contributed by atoms with Crippen LogP contribution < -0.4 is 15.2 Å². The number of hydrogen-bond donors (Lipinski definition) is 1. The molecule has 0 aromatic heterocycles. The Morgan fingerprint density at radius 3 is 2.40 bits per heavy atom. The highest BCUT2D eigenvalue weighted by Crippen LogP contribution is 2.37. The minimum Gasteiger partial charge on any atom is -0.493 e. The topological polar surface area (TPSA) is 47.7 Å². The lowest BCUT2D eigenvalue weighted by atomic mass is 9.77. The summed E-state index contributed by atoms with van der Waals surface area (Å²) < 4.78 is 10.8. The predicted molar refractivity (Wildman–Crippen MR) is 79.2 cm³/mol. The predicted octanol–water partition coefficient (Wildman–Crippen LogP) is 1.80. The van der Waals surface area contributed by atoms with Crippen molar-refractivity contribution in [3.05, 3.63) is 23.3 Å². The van der Waals surface area contributed by atoms with Crippen LogP contribution in [0.3, 0.4) is 0 Å². The van der Waals surface area contributed by atoms with Gasteiger partial charge in [-0.15, -0.1) is 0 Å². The molecule has 1 fully saturated rings. The van der Waals surface area contributed by atoms with Gasteiger partial charge in [-0.2, -0.15) is 0 Å². The molecule has 0 amide bonds. The Kier molecular flexibility index (Phi) is 3.85. The van der Waals surface area contributed by atoms with E-state index in [0.717, 1.165) is 37.6 Å². The molecule has 2 unspecified atom stereocenters. The highest BCUT2D eigenvalue weighted by atomic mass is 16.5. The molecule has 0 radical (unpaired) electrons. The van der Waals surface area contributed by atoms with Gasteiger partial charge < -0.3 is 15.2 Å². The van der Waals surface area contributed by atoms with Crippen molar-refractivity contribution < 1.29 is 9.47 Å². The van der Waals surface area contributed by atoms with Crippen LogP contribution >= 0.6 is 0 Å². The van der Waals surface area contributed by atoms with Gasteiger partial charge in [0.2, 0.25) is 0 Å². The second-order valence-electron chi connectivity index (χ2n) is 5.84. The van der Waals surface area contributed by atoms with E-state index in [0.29, 0.717) is 12.0 Å². The molecule has 2 N–H and O–H groups in total. The van der Waals surface area contributed by atoms with Crippen LogP contribution in [-0.4, -0.2) is 38.3 Å². The summed E-state index contributed by atoms with van der Waals surface area (Å²) in [5.41, 5.74) is 8.61. The van der Waals surface area contributed by atoms with Crippen LogP contribution in [0, 0.1) is 5.92 Å². The SMILES string of the molecule is COc1cc2c(cc1OC)CN(C1CCC1CN)CC2. The van der Waals surface area contributed by atoms with E-state index < -0.39 is 0 Å². The number of fused-ring (bicyclic) bond motifs is 1. The first-order valence-electron chi connectivity index (χ1n) is 7.44. The molecular weight excluding hydrogens is 252 g/mol. The first-order valence-corrected chi connectivity index (χ1v) is 7.44. The highest BCUT2D eigenvalue weighted by Gasteiger charge is 2.35. The first-order chi connectivity index (χ1) is 9.76. The summed E-state index contributed by atoms with van der Waals surface area (Å²) in [5, 5.41) is 0. The molecule has 2 atom stereocenters. The number of ether oxygens (including phenoxy) is 2. The van der Waals surface area contributed by atoms with E-state index in [1.54, 1.807) is 14.2 Å². The fourth-order valence-electron chi connectivity index (χ4n) is 3.50. The van der Waals surface area contributed by atoms with Crippen molar-refractivity contribution in [3.63, 3.8) is 0 Å². The molecule has 20 heavy (non-hydrogen) atoms. The Hall–Kier alpha value is -1.26. The minimum absolute atomic E-state index is 0.682. The number of nitrogens with zero attached hydrogens (tertiary/aromatic N) is 1. The minimum atomic E-state index is 0.682. The summed E-state index contributed by atoms with van der Waals surface area (Å²) >= 11 is 0. The summed E-state index contributed by atoms with van der Waals surface area (Å²) in [6.45, 7) is 2.96. The smallest absolute Gasteiger partial charge is 0.161 e. The molecule has 0 saturated heterocycles. The zero-order valence-corrected chi connectivity index (χ0v) is 12.4. The largest absolute Gasteiger partial charge is 0.493 e. The molecule has 1 heterocycles. The maximum absolute atomic E-state index is 5.85. The van der Waals surface area contributed by atoms with Crippen molar-refractivity contribution in [1.82, 2.24) is 4.90 Å². The molecule has 1 aliphatic carbocycles. The summed E-state index contributed by atoms with van der Waals surface area (Å²) in [7, 11) is 3.39.